The van der Waals surface area contributed by atoms with Crippen molar-refractivity contribution < 1.29 is 18.0 Å². The molecule has 0 aliphatic heterocycles. The SMILES string of the molecule is CCc1ccccc1NCC(=O)NCC(F)(F)F. The van der Waals surface area contributed by atoms with Crippen molar-refractivity contribution in [3.63, 3.8) is 0 Å². The summed E-state index contributed by atoms with van der Waals surface area (Å²) in [6.45, 7) is 0.486. The molecule has 0 radical (unpaired) electrons. The molecule has 0 saturated heterocycles. The first-order chi connectivity index (χ1) is 8.42. The maximum atomic E-state index is 11.9. The summed E-state index contributed by atoms with van der Waals surface area (Å²) in [5.41, 5.74) is 1.78. The molecule has 0 aliphatic carbocycles. The molecule has 0 aromatic heterocycles. The number of para-hydroxylation sites is 1. The molecule has 100 valence electrons. The average molecular weight is 260 g/mol. The maximum Gasteiger partial charge on any atom is 0.405 e. The van der Waals surface area contributed by atoms with E-state index in [0.717, 1.165) is 17.7 Å². The van der Waals surface area contributed by atoms with Gasteiger partial charge in [-0.25, -0.2) is 0 Å². The highest BCUT2D eigenvalue weighted by atomic mass is 19.4. The summed E-state index contributed by atoms with van der Waals surface area (Å²) in [7, 11) is 0. The largest absolute Gasteiger partial charge is 0.405 e. The van der Waals surface area contributed by atoms with Gasteiger partial charge >= 0.3 is 6.18 Å². The number of carbonyl (C=O) groups is 1. The molecule has 0 aliphatic rings. The number of nitrogens with one attached hydrogen (secondary N) is 2. The summed E-state index contributed by atoms with van der Waals surface area (Å²) in [6.07, 6.45) is -3.59. The highest BCUT2D eigenvalue weighted by Crippen LogP contribution is 2.15. The van der Waals surface area contributed by atoms with Crippen LogP contribution in [0.5, 0.6) is 0 Å². The molecule has 0 bridgehead atoms. The van der Waals surface area contributed by atoms with E-state index >= 15 is 0 Å². The molecule has 1 amide bonds. The summed E-state index contributed by atoms with van der Waals surface area (Å²) >= 11 is 0. The Hall–Kier alpha value is -1.72. The zero-order chi connectivity index (χ0) is 13.6. The molecule has 0 unspecified atom stereocenters. The van der Waals surface area contributed by atoms with Crippen LogP contribution in [0.4, 0.5) is 18.9 Å². The van der Waals surface area contributed by atoms with E-state index in [2.05, 4.69) is 5.32 Å². The number of halogens is 3. The normalized spacial score (nSPS) is 11.1. The van der Waals surface area contributed by atoms with Gasteiger partial charge in [-0.15, -0.1) is 0 Å². The average Bonchev–Trinajstić information content (AvgIpc) is 2.33. The Morgan fingerprint density at radius 2 is 1.94 bits per heavy atom. The number of rotatable bonds is 5. The van der Waals surface area contributed by atoms with Crippen LogP contribution in [-0.2, 0) is 11.2 Å². The topological polar surface area (TPSA) is 41.1 Å². The van der Waals surface area contributed by atoms with E-state index in [1.807, 2.05) is 19.1 Å². The van der Waals surface area contributed by atoms with Crippen LogP contribution >= 0.6 is 0 Å². The molecule has 3 nitrogen and oxygen atoms in total. The standard InChI is InChI=1S/C12H15F3N2O/c1-2-9-5-3-4-6-10(9)16-7-11(18)17-8-12(13,14)15/h3-6,16H,2,7-8H2,1H3,(H,17,18). The summed E-state index contributed by atoms with van der Waals surface area (Å²) in [6, 6.07) is 7.36. The Balaban J connectivity index is 2.43. The van der Waals surface area contributed by atoms with Crippen molar-refractivity contribution in [1.82, 2.24) is 5.32 Å². The van der Waals surface area contributed by atoms with Crippen LogP contribution < -0.4 is 10.6 Å². The fourth-order valence-electron chi connectivity index (χ4n) is 1.44. The molecule has 1 aromatic rings. The molecule has 1 aromatic carbocycles. The maximum absolute atomic E-state index is 11.9. The Kier molecular flexibility index (Phi) is 5.00. The quantitative estimate of drug-likeness (QED) is 0.853. The first kappa shape index (κ1) is 14.3. The molecule has 0 heterocycles. The van der Waals surface area contributed by atoms with Gasteiger partial charge < -0.3 is 10.6 Å². The van der Waals surface area contributed by atoms with E-state index in [-0.39, 0.29) is 6.54 Å². The van der Waals surface area contributed by atoms with Gasteiger partial charge in [-0.3, -0.25) is 4.79 Å². The van der Waals surface area contributed by atoms with Crippen molar-refractivity contribution in [3.8, 4) is 0 Å². The molecule has 18 heavy (non-hydrogen) atoms. The summed E-state index contributed by atoms with van der Waals surface area (Å²) < 4.78 is 35.6. The predicted octanol–water partition coefficient (Wildman–Crippen LogP) is 2.34. The highest BCUT2D eigenvalue weighted by molar-refractivity contribution is 5.80. The van der Waals surface area contributed by atoms with Gasteiger partial charge in [-0.2, -0.15) is 13.2 Å². The van der Waals surface area contributed by atoms with Crippen molar-refractivity contribution in [2.24, 2.45) is 0 Å². The lowest BCUT2D eigenvalue weighted by molar-refractivity contribution is -0.137. The Morgan fingerprint density at radius 1 is 1.28 bits per heavy atom. The van der Waals surface area contributed by atoms with Crippen molar-refractivity contribution in [2.45, 2.75) is 19.5 Å². The summed E-state index contributed by atoms with van der Waals surface area (Å²) in [5.74, 6) is -0.682. The molecule has 2 N–H and O–H groups in total. The fourth-order valence-corrected chi connectivity index (χ4v) is 1.44. The Morgan fingerprint density at radius 3 is 2.56 bits per heavy atom. The zero-order valence-corrected chi connectivity index (χ0v) is 9.97. The zero-order valence-electron chi connectivity index (χ0n) is 9.97. The van der Waals surface area contributed by atoms with E-state index in [1.54, 1.807) is 17.4 Å². The van der Waals surface area contributed by atoms with Crippen LogP contribution in [0.1, 0.15) is 12.5 Å². The Labute approximate surface area is 103 Å². The predicted molar refractivity (Wildman–Crippen MR) is 63.4 cm³/mol. The molecule has 1 rings (SSSR count). The van der Waals surface area contributed by atoms with Gasteiger partial charge in [0.15, 0.2) is 0 Å². The molecule has 6 heteroatoms. The van der Waals surface area contributed by atoms with E-state index < -0.39 is 18.6 Å². The van der Waals surface area contributed by atoms with Crippen molar-refractivity contribution in [1.29, 1.82) is 0 Å². The number of amides is 1. The van der Waals surface area contributed by atoms with Gasteiger partial charge in [-0.1, -0.05) is 25.1 Å². The second-order valence-electron chi connectivity index (χ2n) is 3.76. The van der Waals surface area contributed by atoms with Gasteiger partial charge in [0.2, 0.25) is 5.91 Å². The van der Waals surface area contributed by atoms with Crippen LogP contribution in [0, 0.1) is 0 Å². The lowest BCUT2D eigenvalue weighted by Crippen LogP contribution is -2.37. The van der Waals surface area contributed by atoms with Gasteiger partial charge in [0.05, 0.1) is 6.54 Å². The van der Waals surface area contributed by atoms with Gasteiger partial charge in [0, 0.05) is 5.69 Å². The number of anilines is 1. The van der Waals surface area contributed by atoms with Crippen LogP contribution in [-0.4, -0.2) is 25.2 Å². The van der Waals surface area contributed by atoms with Gasteiger partial charge in [-0.05, 0) is 18.1 Å². The lowest BCUT2D eigenvalue weighted by Gasteiger charge is -2.12. The van der Waals surface area contributed by atoms with Gasteiger partial charge in [0.1, 0.15) is 6.54 Å². The summed E-state index contributed by atoms with van der Waals surface area (Å²) in [5, 5.41) is 4.62. The minimum Gasteiger partial charge on any atom is -0.376 e. The molecule has 0 fully saturated rings. The van der Waals surface area contributed by atoms with Crippen molar-refractivity contribution in [3.05, 3.63) is 29.8 Å². The second kappa shape index (κ2) is 6.28. The smallest absolute Gasteiger partial charge is 0.376 e. The minimum atomic E-state index is -4.38. The van der Waals surface area contributed by atoms with E-state index in [0.29, 0.717) is 0 Å². The lowest BCUT2D eigenvalue weighted by atomic mass is 10.1. The van der Waals surface area contributed by atoms with Crippen molar-refractivity contribution >= 4 is 11.6 Å². The van der Waals surface area contributed by atoms with E-state index in [4.69, 9.17) is 0 Å². The van der Waals surface area contributed by atoms with Crippen LogP contribution in [0.2, 0.25) is 0 Å². The number of carbonyl (C=O) groups excluding carboxylic acids is 1. The highest BCUT2D eigenvalue weighted by Gasteiger charge is 2.27. The van der Waals surface area contributed by atoms with Gasteiger partial charge in [0.25, 0.3) is 0 Å². The number of hydrogen-bond donors (Lipinski definition) is 2. The van der Waals surface area contributed by atoms with Crippen LogP contribution in [0.25, 0.3) is 0 Å². The first-order valence-electron chi connectivity index (χ1n) is 5.57. The summed E-state index contributed by atoms with van der Waals surface area (Å²) in [4.78, 5) is 11.2. The number of hydrogen-bond acceptors (Lipinski definition) is 2. The third-order valence-corrected chi connectivity index (χ3v) is 2.32. The first-order valence-corrected chi connectivity index (χ1v) is 5.57. The Bertz CT molecular complexity index is 405. The number of aryl methyl sites for hydroxylation is 1. The fraction of sp³-hybridized carbons (Fsp3) is 0.417. The van der Waals surface area contributed by atoms with E-state index in [9.17, 15) is 18.0 Å². The second-order valence-corrected chi connectivity index (χ2v) is 3.76. The molecule has 0 saturated carbocycles. The molecular weight excluding hydrogens is 245 g/mol. The molecular formula is C12H15F3N2O. The van der Waals surface area contributed by atoms with E-state index in [1.165, 1.54) is 0 Å². The third kappa shape index (κ3) is 5.07. The van der Waals surface area contributed by atoms with Crippen LogP contribution in [0.3, 0.4) is 0 Å². The number of alkyl halides is 3. The molecule has 0 atom stereocenters. The monoisotopic (exact) mass is 260 g/mol. The number of benzene rings is 1. The minimum absolute atomic E-state index is 0.174. The van der Waals surface area contributed by atoms with Crippen LogP contribution in [0.15, 0.2) is 24.3 Å². The molecule has 0 spiro atoms. The third-order valence-electron chi connectivity index (χ3n) is 2.32. The van der Waals surface area contributed by atoms with Crippen molar-refractivity contribution in [2.75, 3.05) is 18.4 Å².